The molecule has 1 aliphatic heterocycles. The van der Waals surface area contributed by atoms with Gasteiger partial charge in [0.25, 0.3) is 0 Å². The lowest BCUT2D eigenvalue weighted by molar-refractivity contribution is -0.137. The van der Waals surface area contributed by atoms with E-state index in [4.69, 9.17) is 5.73 Å². The van der Waals surface area contributed by atoms with E-state index < -0.39 is 39.9 Å². The number of benzene rings is 2. The van der Waals surface area contributed by atoms with Crippen molar-refractivity contribution in [2.45, 2.75) is 19.1 Å². The van der Waals surface area contributed by atoms with Crippen molar-refractivity contribution in [1.29, 1.82) is 5.26 Å². The van der Waals surface area contributed by atoms with Crippen LogP contribution in [0.5, 0.6) is 0 Å². The molecule has 4 aromatic rings. The Labute approximate surface area is 244 Å². The van der Waals surface area contributed by atoms with E-state index in [2.05, 4.69) is 26.8 Å². The lowest BCUT2D eigenvalue weighted by atomic mass is 9.98. The molecule has 0 aliphatic carbocycles. The highest BCUT2D eigenvalue weighted by Gasteiger charge is 2.31. The van der Waals surface area contributed by atoms with Crippen molar-refractivity contribution >= 4 is 39.3 Å². The van der Waals surface area contributed by atoms with E-state index in [0.717, 1.165) is 0 Å². The summed E-state index contributed by atoms with van der Waals surface area (Å²) in [7, 11) is -2.60. The minimum absolute atomic E-state index is 0.0153. The smallest absolute Gasteiger partial charge is 0.382 e. The van der Waals surface area contributed by atoms with Crippen molar-refractivity contribution in [3.8, 4) is 17.2 Å². The molecule has 1 saturated heterocycles. The third-order valence-corrected chi connectivity index (χ3v) is 8.71. The average molecular weight is 619 g/mol. The molecule has 6 N–H and O–H groups in total. The predicted octanol–water partition coefficient (Wildman–Crippen LogP) is 5.41. The summed E-state index contributed by atoms with van der Waals surface area (Å²) in [5.41, 5.74) is 7.84. The Kier molecular flexibility index (Phi) is 8.16. The molecule has 0 saturated carbocycles. The predicted molar refractivity (Wildman–Crippen MR) is 154 cm³/mol. The number of fused-ring (bicyclic) bond motifs is 1. The molecule has 3 heterocycles. The molecule has 226 valence electrons. The molecule has 16 heteroatoms. The van der Waals surface area contributed by atoms with Gasteiger partial charge in [0.2, 0.25) is 0 Å². The van der Waals surface area contributed by atoms with Gasteiger partial charge in [-0.2, -0.15) is 34.1 Å². The maximum Gasteiger partial charge on any atom is 0.416 e. The largest absolute Gasteiger partial charge is 0.416 e. The molecule has 0 spiro atoms. The second kappa shape index (κ2) is 11.7. The Morgan fingerprint density at radius 2 is 1.81 bits per heavy atom. The molecular weight excluding hydrogens is 592 g/mol. The Morgan fingerprint density at radius 1 is 1.12 bits per heavy atom. The van der Waals surface area contributed by atoms with Crippen molar-refractivity contribution in [3.63, 3.8) is 0 Å². The van der Waals surface area contributed by atoms with E-state index in [-0.39, 0.29) is 29.4 Å². The van der Waals surface area contributed by atoms with Crippen molar-refractivity contribution in [3.05, 3.63) is 71.4 Å². The summed E-state index contributed by atoms with van der Waals surface area (Å²) >= 11 is 0. The number of urea groups is 1. The van der Waals surface area contributed by atoms with Gasteiger partial charge < -0.3 is 16.4 Å². The van der Waals surface area contributed by atoms with Gasteiger partial charge in [0.1, 0.15) is 17.7 Å². The summed E-state index contributed by atoms with van der Waals surface area (Å²) in [6.07, 6.45) is -3.39. The second-order valence-corrected chi connectivity index (χ2v) is 12.3. The number of rotatable bonds is 6. The maximum atomic E-state index is 14.1. The van der Waals surface area contributed by atoms with Crippen LogP contribution in [0.25, 0.3) is 16.6 Å². The molecule has 43 heavy (non-hydrogen) atoms. The van der Waals surface area contributed by atoms with E-state index in [0.29, 0.717) is 65.7 Å². The lowest BCUT2D eigenvalue weighted by Gasteiger charge is -2.40. The number of nitrogens with two attached hydrogens (primary N) is 1. The molecule has 2 aromatic carbocycles. The van der Waals surface area contributed by atoms with Crippen molar-refractivity contribution in [2.75, 3.05) is 41.0 Å². The molecule has 1 fully saturated rings. The fraction of sp³-hybridized carbons (Fsp3) is 0.259. The number of nitrogens with zero attached hydrogens (tertiary/aromatic N) is 5. The highest BCUT2D eigenvalue weighted by molar-refractivity contribution is 8.24. The van der Waals surface area contributed by atoms with Crippen LogP contribution in [0.15, 0.2) is 48.8 Å². The maximum absolute atomic E-state index is 14.1. The summed E-state index contributed by atoms with van der Waals surface area (Å²) in [6.45, 7) is 1.27. The van der Waals surface area contributed by atoms with E-state index in [1.165, 1.54) is 18.5 Å². The quantitative estimate of drug-likeness (QED) is 0.179. The van der Waals surface area contributed by atoms with Crippen LogP contribution in [-0.2, 0) is 19.1 Å². The van der Waals surface area contributed by atoms with Gasteiger partial charge in [-0.05, 0) is 41.5 Å². The van der Waals surface area contributed by atoms with Crippen LogP contribution in [-0.4, -0.2) is 59.2 Å². The summed E-state index contributed by atoms with van der Waals surface area (Å²) in [6, 6.07) is 9.31. The van der Waals surface area contributed by atoms with Gasteiger partial charge in [-0.3, -0.25) is 14.0 Å². The summed E-state index contributed by atoms with van der Waals surface area (Å²) in [5.74, 6) is -0.363. The number of carbonyl (C=O) groups excluding carboxylic acids is 1. The zero-order valence-corrected chi connectivity index (χ0v) is 23.2. The third kappa shape index (κ3) is 6.49. The van der Waals surface area contributed by atoms with E-state index in [9.17, 15) is 36.7 Å². The number of hydrogen-bond acceptors (Lipinski definition) is 8. The van der Waals surface area contributed by atoms with Crippen LogP contribution in [0, 0.1) is 17.1 Å². The molecule has 5 rings (SSSR count). The number of amides is 2. The molecule has 2 aromatic heterocycles. The van der Waals surface area contributed by atoms with Gasteiger partial charge in [-0.1, -0.05) is 12.1 Å². The van der Waals surface area contributed by atoms with Crippen LogP contribution < -0.4 is 16.4 Å². The van der Waals surface area contributed by atoms with E-state index in [1.54, 1.807) is 16.6 Å². The minimum Gasteiger partial charge on any atom is -0.382 e. The zero-order chi connectivity index (χ0) is 30.9. The van der Waals surface area contributed by atoms with Gasteiger partial charge >= 0.3 is 12.2 Å². The monoisotopic (exact) mass is 618 g/mol. The second-order valence-electron chi connectivity index (χ2n) is 9.88. The first kappa shape index (κ1) is 30.0. The van der Waals surface area contributed by atoms with Gasteiger partial charge in [0.05, 0.1) is 40.9 Å². The van der Waals surface area contributed by atoms with Gasteiger partial charge in [-0.15, -0.1) is 0 Å². The fourth-order valence-electron chi connectivity index (χ4n) is 4.90. The molecule has 0 bridgehead atoms. The number of aromatic nitrogens is 3. The number of nitriles is 1. The molecule has 11 nitrogen and oxygen atoms in total. The van der Waals surface area contributed by atoms with Crippen molar-refractivity contribution < 1.29 is 31.5 Å². The van der Waals surface area contributed by atoms with E-state index >= 15 is 0 Å². The standard InChI is InChI=1S/C27H26F4N8O3S/c28-20-6-3-17(27(29,30)31)13-21(20)37-26(40)36-18-4-1-16(2-5-18)23-19(7-8-32)22(39-24(23)25(33)34-15-35-39)14-38-9-11-43(41,42)12-10-38/h1-6,13,15,41-42H,7,9-12,14H2,(H2,33,34,35)(H2,36,37,40). The first-order chi connectivity index (χ1) is 20.4. The normalized spacial score (nSPS) is 16.0. The number of nitrogens with one attached hydrogen (secondary N) is 2. The Hall–Kier alpha value is -4.43. The van der Waals surface area contributed by atoms with Crippen LogP contribution >= 0.6 is 10.6 Å². The van der Waals surface area contributed by atoms with Crippen molar-refractivity contribution in [1.82, 2.24) is 19.5 Å². The number of halogens is 4. The molecule has 2 amide bonds. The van der Waals surface area contributed by atoms with Crippen molar-refractivity contribution in [2.24, 2.45) is 0 Å². The van der Waals surface area contributed by atoms with Gasteiger partial charge in [0, 0.05) is 30.9 Å². The Balaban J connectivity index is 1.42. The number of alkyl halides is 3. The van der Waals surface area contributed by atoms with Crippen LogP contribution in [0.2, 0.25) is 0 Å². The highest BCUT2D eigenvalue weighted by atomic mass is 32.3. The molecule has 0 radical (unpaired) electrons. The van der Waals surface area contributed by atoms with Gasteiger partial charge in [0.15, 0.2) is 5.82 Å². The summed E-state index contributed by atoms with van der Waals surface area (Å²) < 4.78 is 74.7. The van der Waals surface area contributed by atoms with Crippen LogP contribution in [0.4, 0.5) is 39.5 Å². The van der Waals surface area contributed by atoms with Crippen LogP contribution in [0.3, 0.4) is 0 Å². The number of carbonyl (C=O) groups is 1. The Morgan fingerprint density at radius 3 is 2.47 bits per heavy atom. The first-order valence-electron chi connectivity index (χ1n) is 12.9. The highest BCUT2D eigenvalue weighted by Crippen LogP contribution is 2.42. The molecule has 0 unspecified atom stereocenters. The third-order valence-electron chi connectivity index (χ3n) is 7.03. The fourth-order valence-corrected chi connectivity index (χ4v) is 6.21. The summed E-state index contributed by atoms with van der Waals surface area (Å²) in [5, 5.41) is 18.6. The summed E-state index contributed by atoms with van der Waals surface area (Å²) in [4.78, 5) is 18.6. The lowest BCUT2D eigenvalue weighted by Crippen LogP contribution is -2.38. The average Bonchev–Trinajstić information content (AvgIpc) is 3.25. The van der Waals surface area contributed by atoms with Gasteiger partial charge in [-0.25, -0.2) is 18.7 Å². The number of anilines is 3. The Bertz CT molecular complexity index is 1710. The molecular formula is C27H26F4N8O3S. The number of nitrogen functional groups attached to an aromatic ring is 1. The topological polar surface area (TPSA) is 165 Å². The first-order valence-corrected chi connectivity index (χ1v) is 14.8. The SMILES string of the molecule is N#CCc1c(-c2ccc(NC(=O)Nc3cc(C(F)(F)F)ccc3F)cc2)c2c(N)ncnn2c1CN1CCS(O)(O)CC1. The van der Waals surface area contributed by atoms with Crippen LogP contribution in [0.1, 0.15) is 16.8 Å². The minimum atomic E-state index is -4.71. The molecule has 1 aliphatic rings. The number of hydrogen-bond donors (Lipinski definition) is 5. The van der Waals surface area contributed by atoms with E-state index in [1.807, 2.05) is 4.90 Å². The zero-order valence-electron chi connectivity index (χ0n) is 22.4. The molecule has 0 atom stereocenters.